The second-order valence-electron chi connectivity index (χ2n) is 8.35. The van der Waals surface area contributed by atoms with Gasteiger partial charge in [-0.2, -0.15) is 0 Å². The lowest BCUT2D eigenvalue weighted by molar-refractivity contribution is -0.331. The Morgan fingerprint density at radius 3 is 1.88 bits per heavy atom. The Morgan fingerprint density at radius 1 is 0.719 bits per heavy atom. The standard InChI is InChI=1S/C20H38O12/c1-2-3-4-5-10(22)6-7-29-19-17(27)16(26)14(24)12(32-19)9-30-20-18(28)15(25)13(23)11(8-21)31-20/h10-28H,2-9H2,1H3/t10-,11-,12-,13-,14-,15+,16+,17-,18-,19-,20-/m1/s1. The van der Waals surface area contributed by atoms with Crippen molar-refractivity contribution in [3.05, 3.63) is 0 Å². The molecule has 0 aromatic heterocycles. The average molecular weight is 471 g/mol. The fourth-order valence-corrected chi connectivity index (χ4v) is 3.68. The Kier molecular flexibility index (Phi) is 11.6. The molecule has 2 heterocycles. The molecule has 12 heteroatoms. The number of aliphatic hydroxyl groups is 8. The van der Waals surface area contributed by atoms with E-state index in [0.29, 0.717) is 12.8 Å². The van der Waals surface area contributed by atoms with Crippen molar-refractivity contribution < 1.29 is 59.8 Å². The van der Waals surface area contributed by atoms with Crippen LogP contribution < -0.4 is 0 Å². The van der Waals surface area contributed by atoms with E-state index in [2.05, 4.69) is 6.92 Å². The number of ether oxygens (including phenoxy) is 4. The predicted octanol–water partition coefficient (Wildman–Crippen LogP) is -3.04. The molecule has 0 unspecified atom stereocenters. The highest BCUT2D eigenvalue weighted by Crippen LogP contribution is 2.26. The fourth-order valence-electron chi connectivity index (χ4n) is 3.68. The SMILES string of the molecule is CCCCC[C@@H](O)CCO[C@@H]1O[C@H](CO[C@@H]2O[C@H](CO)[C@@H](O)[C@H](O)[C@H]2O)[C@@H](O)[C@H](O)[C@H]1O. The van der Waals surface area contributed by atoms with E-state index in [1.165, 1.54) is 0 Å². The van der Waals surface area contributed by atoms with E-state index in [0.717, 1.165) is 19.3 Å². The van der Waals surface area contributed by atoms with Gasteiger partial charge in [0.1, 0.15) is 48.8 Å². The smallest absolute Gasteiger partial charge is 0.186 e. The van der Waals surface area contributed by atoms with Crippen molar-refractivity contribution >= 4 is 0 Å². The summed E-state index contributed by atoms with van der Waals surface area (Å²) in [5, 5.41) is 79.3. The van der Waals surface area contributed by atoms with E-state index >= 15 is 0 Å². The summed E-state index contributed by atoms with van der Waals surface area (Å²) in [7, 11) is 0. The molecule has 0 radical (unpaired) electrons. The molecule has 0 saturated carbocycles. The third-order valence-corrected chi connectivity index (χ3v) is 5.82. The van der Waals surface area contributed by atoms with Crippen LogP contribution >= 0.6 is 0 Å². The monoisotopic (exact) mass is 470 g/mol. The highest BCUT2D eigenvalue weighted by atomic mass is 16.7. The molecule has 0 aromatic carbocycles. The Labute approximate surface area is 186 Å². The zero-order chi connectivity index (χ0) is 23.8. The molecule has 2 fully saturated rings. The highest BCUT2D eigenvalue weighted by Gasteiger charge is 2.47. The maximum absolute atomic E-state index is 10.2. The zero-order valence-electron chi connectivity index (χ0n) is 18.2. The lowest BCUT2D eigenvalue weighted by Crippen LogP contribution is -2.61. The molecule has 0 bridgehead atoms. The molecular weight excluding hydrogens is 432 g/mol. The topological polar surface area (TPSA) is 199 Å². The molecule has 0 amide bonds. The van der Waals surface area contributed by atoms with Crippen molar-refractivity contribution in [2.45, 2.75) is 107 Å². The van der Waals surface area contributed by atoms with Crippen molar-refractivity contribution in [1.82, 2.24) is 0 Å². The first-order valence-electron chi connectivity index (χ1n) is 11.1. The van der Waals surface area contributed by atoms with Gasteiger partial charge in [-0.05, 0) is 12.8 Å². The van der Waals surface area contributed by atoms with Crippen LogP contribution in [0.2, 0.25) is 0 Å². The summed E-state index contributed by atoms with van der Waals surface area (Å²) in [5.74, 6) is 0. The normalized spacial score (nSPS) is 41.5. The van der Waals surface area contributed by atoms with Gasteiger partial charge >= 0.3 is 0 Å². The summed E-state index contributed by atoms with van der Waals surface area (Å²) >= 11 is 0. The molecule has 0 aromatic rings. The third kappa shape index (κ3) is 7.26. The van der Waals surface area contributed by atoms with Gasteiger partial charge in [0.25, 0.3) is 0 Å². The summed E-state index contributed by atoms with van der Waals surface area (Å²) in [6.07, 6.45) is -11.3. The maximum Gasteiger partial charge on any atom is 0.186 e. The number of unbranched alkanes of at least 4 members (excludes halogenated alkanes) is 2. The lowest BCUT2D eigenvalue weighted by atomic mass is 9.98. The summed E-state index contributed by atoms with van der Waals surface area (Å²) < 4.78 is 21.5. The molecule has 190 valence electrons. The first kappa shape index (κ1) is 27.8. The van der Waals surface area contributed by atoms with Crippen LogP contribution in [0.1, 0.15) is 39.0 Å². The Hall–Kier alpha value is -0.480. The molecule has 32 heavy (non-hydrogen) atoms. The number of aliphatic hydroxyl groups excluding tert-OH is 8. The van der Waals surface area contributed by atoms with E-state index in [1.807, 2.05) is 0 Å². The van der Waals surface area contributed by atoms with Gasteiger partial charge in [-0.1, -0.05) is 26.2 Å². The molecule has 2 rings (SSSR count). The zero-order valence-corrected chi connectivity index (χ0v) is 18.2. The fraction of sp³-hybridized carbons (Fsp3) is 1.00. The van der Waals surface area contributed by atoms with Crippen molar-refractivity contribution in [2.24, 2.45) is 0 Å². The van der Waals surface area contributed by atoms with E-state index in [1.54, 1.807) is 0 Å². The first-order chi connectivity index (χ1) is 15.2. The average Bonchev–Trinajstić information content (AvgIpc) is 2.78. The van der Waals surface area contributed by atoms with Gasteiger partial charge < -0.3 is 59.8 Å². The molecular formula is C20H38O12. The van der Waals surface area contributed by atoms with Crippen LogP contribution in [0, 0.1) is 0 Å². The maximum atomic E-state index is 10.2. The van der Waals surface area contributed by atoms with Crippen molar-refractivity contribution in [1.29, 1.82) is 0 Å². The van der Waals surface area contributed by atoms with Gasteiger partial charge in [-0.3, -0.25) is 0 Å². The van der Waals surface area contributed by atoms with E-state index in [-0.39, 0.29) is 6.61 Å². The number of rotatable bonds is 12. The Bertz CT molecular complexity index is 523. The van der Waals surface area contributed by atoms with Crippen molar-refractivity contribution in [3.63, 3.8) is 0 Å². The third-order valence-electron chi connectivity index (χ3n) is 5.82. The van der Waals surface area contributed by atoms with Crippen molar-refractivity contribution in [2.75, 3.05) is 19.8 Å². The van der Waals surface area contributed by atoms with Gasteiger partial charge in [0.15, 0.2) is 12.6 Å². The van der Waals surface area contributed by atoms with E-state index < -0.39 is 80.7 Å². The number of hydrogen-bond donors (Lipinski definition) is 8. The molecule has 0 spiro atoms. The summed E-state index contributed by atoms with van der Waals surface area (Å²) in [5.41, 5.74) is 0. The largest absolute Gasteiger partial charge is 0.394 e. The molecule has 2 saturated heterocycles. The van der Waals surface area contributed by atoms with E-state index in [9.17, 15) is 40.9 Å². The molecule has 11 atom stereocenters. The van der Waals surface area contributed by atoms with Gasteiger partial charge in [-0.25, -0.2) is 0 Å². The number of hydrogen-bond acceptors (Lipinski definition) is 12. The van der Waals surface area contributed by atoms with Gasteiger partial charge in [-0.15, -0.1) is 0 Å². The summed E-state index contributed by atoms with van der Waals surface area (Å²) in [6.45, 7) is 1.07. The first-order valence-corrected chi connectivity index (χ1v) is 11.1. The predicted molar refractivity (Wildman–Crippen MR) is 107 cm³/mol. The quantitative estimate of drug-likeness (QED) is 0.134. The van der Waals surface area contributed by atoms with Crippen LogP contribution in [0.3, 0.4) is 0 Å². The second kappa shape index (κ2) is 13.4. The Balaban J connectivity index is 1.86. The minimum absolute atomic E-state index is 0.0537. The molecule has 0 aliphatic carbocycles. The Morgan fingerprint density at radius 2 is 1.28 bits per heavy atom. The molecule has 2 aliphatic heterocycles. The molecule has 12 nitrogen and oxygen atoms in total. The summed E-state index contributed by atoms with van der Waals surface area (Å²) in [4.78, 5) is 0. The molecule has 2 aliphatic rings. The highest BCUT2D eigenvalue weighted by molar-refractivity contribution is 4.91. The van der Waals surface area contributed by atoms with Crippen LogP contribution in [-0.4, -0.2) is 128 Å². The van der Waals surface area contributed by atoms with Crippen LogP contribution in [0.25, 0.3) is 0 Å². The minimum atomic E-state index is -1.63. The van der Waals surface area contributed by atoms with Crippen molar-refractivity contribution in [3.8, 4) is 0 Å². The van der Waals surface area contributed by atoms with Crippen LogP contribution in [0.4, 0.5) is 0 Å². The van der Waals surface area contributed by atoms with Gasteiger partial charge in [0, 0.05) is 0 Å². The van der Waals surface area contributed by atoms with Crippen LogP contribution in [-0.2, 0) is 18.9 Å². The lowest BCUT2D eigenvalue weighted by Gasteiger charge is -2.42. The minimum Gasteiger partial charge on any atom is -0.394 e. The van der Waals surface area contributed by atoms with Gasteiger partial charge in [0.2, 0.25) is 0 Å². The summed E-state index contributed by atoms with van der Waals surface area (Å²) in [6, 6.07) is 0. The molecule has 8 N–H and O–H groups in total. The van der Waals surface area contributed by atoms with Crippen LogP contribution in [0.5, 0.6) is 0 Å². The van der Waals surface area contributed by atoms with Gasteiger partial charge in [0.05, 0.1) is 25.9 Å². The van der Waals surface area contributed by atoms with E-state index in [4.69, 9.17) is 18.9 Å². The van der Waals surface area contributed by atoms with Crippen LogP contribution in [0.15, 0.2) is 0 Å². The second-order valence-corrected chi connectivity index (χ2v) is 8.35.